The van der Waals surface area contributed by atoms with Gasteiger partial charge in [-0.25, -0.2) is 0 Å². The summed E-state index contributed by atoms with van der Waals surface area (Å²) in [6.45, 7) is 6.22. The van der Waals surface area contributed by atoms with Crippen molar-refractivity contribution in [3.05, 3.63) is 107 Å². The molecule has 3 aliphatic heterocycles. The van der Waals surface area contributed by atoms with E-state index in [9.17, 15) is 39.9 Å². The Morgan fingerprint density at radius 1 is 0.964 bits per heavy atom. The van der Waals surface area contributed by atoms with Gasteiger partial charge in [-0.1, -0.05) is 72.8 Å². The predicted octanol–water partition coefficient (Wildman–Crippen LogP) is 1.58. The molecule has 7 rings (SSSR count). The maximum absolute atomic E-state index is 14.8. The lowest BCUT2D eigenvalue weighted by Crippen LogP contribution is -2.60. The summed E-state index contributed by atoms with van der Waals surface area (Å²) in [4.78, 5) is 41.0. The van der Waals surface area contributed by atoms with E-state index in [-0.39, 0.29) is 36.4 Å². The Morgan fingerprint density at radius 2 is 1.65 bits per heavy atom. The van der Waals surface area contributed by atoms with E-state index in [1.54, 1.807) is 33.8 Å². The fourth-order valence-electron chi connectivity index (χ4n) is 8.52. The lowest BCUT2D eigenvalue weighted by molar-refractivity contribution is -0.274. The van der Waals surface area contributed by atoms with Crippen LogP contribution in [0.5, 0.6) is 0 Å². The molecule has 1 spiro atoms. The molecular weight excluding hydrogens is 727 g/mol. The van der Waals surface area contributed by atoms with E-state index in [2.05, 4.69) is 15.6 Å². The number of carbonyl (C=O) groups is 2. The summed E-state index contributed by atoms with van der Waals surface area (Å²) in [7, 11) is -2.91. The third-order valence-electron chi connectivity index (χ3n) is 11.2. The molecule has 3 aromatic carbocycles. The van der Waals surface area contributed by atoms with E-state index in [0.717, 1.165) is 16.7 Å². The summed E-state index contributed by atoms with van der Waals surface area (Å²) in [5.74, 6) is -1.74. The largest absolute Gasteiger partial charge is 0.432 e. The first-order valence-electron chi connectivity index (χ1n) is 18.4. The molecule has 4 aromatic rings. The maximum atomic E-state index is 14.8. The van der Waals surface area contributed by atoms with Gasteiger partial charge in [0.15, 0.2) is 26.3 Å². The number of nitrogens with zero attached hydrogens (tertiary/aromatic N) is 4. The van der Waals surface area contributed by atoms with Crippen LogP contribution in [0.15, 0.2) is 85.1 Å². The summed E-state index contributed by atoms with van der Waals surface area (Å²) in [5.41, 5.74) is 2.47. The first-order chi connectivity index (χ1) is 26.2. The highest BCUT2D eigenvalue weighted by Gasteiger charge is 2.66. The minimum Gasteiger partial charge on any atom is -0.432 e. The number of para-hydroxylation sites is 1. The number of aryl methyl sites for hydroxylation is 1. The highest BCUT2D eigenvalue weighted by Crippen LogP contribution is 2.59. The zero-order chi connectivity index (χ0) is 39.2. The van der Waals surface area contributed by atoms with E-state index in [4.69, 9.17) is 9.47 Å². The molecule has 2 fully saturated rings. The molecule has 10 atom stereocenters. The SMILES string of the molecule is C[C@H]1[C@H]([Si](C)(C)O)[C@@H](CCn2cc(C(CO)c3ccccc3)nn2)O[C@]12C(=O)N(Cc1ccc(NC(=O)[C@H]3O[C@@H](O)[C@H](O)[C@@H](O)[C@@H]3O)cc1)c1ccccc12. The molecule has 7 N–H and O–H groups in total. The van der Waals surface area contributed by atoms with Gasteiger partial charge in [0.2, 0.25) is 0 Å². The van der Waals surface area contributed by atoms with Crippen molar-refractivity contribution >= 4 is 31.5 Å². The average Bonchev–Trinajstić information content (AvgIpc) is 3.83. The van der Waals surface area contributed by atoms with Gasteiger partial charge in [-0.15, -0.1) is 5.10 Å². The van der Waals surface area contributed by atoms with Crippen molar-refractivity contribution in [2.24, 2.45) is 5.92 Å². The van der Waals surface area contributed by atoms with E-state index >= 15 is 0 Å². The fraction of sp³-hybridized carbons (Fsp3) is 0.436. The average molecular weight is 774 g/mol. The number of anilines is 2. The van der Waals surface area contributed by atoms with Crippen LogP contribution < -0.4 is 10.2 Å². The topological polar surface area (TPSA) is 220 Å². The normalized spacial score (nSPS) is 29.8. The molecule has 55 heavy (non-hydrogen) atoms. The molecule has 3 aliphatic rings. The lowest BCUT2D eigenvalue weighted by atomic mass is 9.82. The molecule has 0 bridgehead atoms. The number of aliphatic hydroxyl groups is 5. The van der Waals surface area contributed by atoms with Crippen molar-refractivity contribution in [1.82, 2.24) is 15.0 Å². The summed E-state index contributed by atoms with van der Waals surface area (Å²) < 4.78 is 13.7. The second kappa shape index (κ2) is 15.3. The molecule has 1 unspecified atom stereocenters. The van der Waals surface area contributed by atoms with Crippen molar-refractivity contribution < 1.29 is 49.4 Å². The molecule has 16 heteroatoms. The van der Waals surface area contributed by atoms with Crippen LogP contribution in [-0.4, -0.2) is 109 Å². The number of nitrogens with one attached hydrogen (secondary N) is 1. The highest BCUT2D eigenvalue weighted by atomic mass is 28.4. The Labute approximate surface area is 318 Å². The van der Waals surface area contributed by atoms with Crippen LogP contribution >= 0.6 is 0 Å². The van der Waals surface area contributed by atoms with Crippen molar-refractivity contribution in [3.8, 4) is 0 Å². The molecule has 1 aromatic heterocycles. The number of aromatic nitrogens is 3. The maximum Gasteiger partial charge on any atom is 0.264 e. The van der Waals surface area contributed by atoms with Crippen LogP contribution in [0.1, 0.15) is 41.6 Å². The molecule has 0 radical (unpaired) electrons. The van der Waals surface area contributed by atoms with Gasteiger partial charge in [-0.3, -0.25) is 14.3 Å². The second-order valence-corrected chi connectivity index (χ2v) is 19.2. The van der Waals surface area contributed by atoms with Crippen LogP contribution in [0.3, 0.4) is 0 Å². The van der Waals surface area contributed by atoms with Gasteiger partial charge in [0.1, 0.15) is 18.3 Å². The van der Waals surface area contributed by atoms with E-state index in [0.29, 0.717) is 30.0 Å². The Morgan fingerprint density at radius 3 is 2.35 bits per heavy atom. The Kier molecular flexibility index (Phi) is 10.8. The second-order valence-electron chi connectivity index (χ2n) is 15.2. The number of rotatable bonds is 11. The molecule has 2 amide bonds. The quantitative estimate of drug-likeness (QED) is 0.108. The molecule has 292 valence electrons. The summed E-state index contributed by atoms with van der Waals surface area (Å²) in [6, 6.07) is 23.9. The third kappa shape index (κ3) is 7.14. The van der Waals surface area contributed by atoms with E-state index < -0.39 is 56.6 Å². The zero-order valence-electron chi connectivity index (χ0n) is 30.7. The zero-order valence-corrected chi connectivity index (χ0v) is 31.7. The fourth-order valence-corrected chi connectivity index (χ4v) is 11.1. The third-order valence-corrected chi connectivity index (χ3v) is 13.7. The van der Waals surface area contributed by atoms with Crippen LogP contribution in [-0.2, 0) is 37.8 Å². The van der Waals surface area contributed by atoms with E-state index in [1.165, 1.54) is 0 Å². The number of fused-ring (bicyclic) bond motifs is 2. The number of ether oxygens (including phenoxy) is 2. The van der Waals surface area contributed by atoms with Gasteiger partial charge in [-0.2, -0.15) is 0 Å². The van der Waals surface area contributed by atoms with Crippen molar-refractivity contribution in [1.29, 1.82) is 0 Å². The first-order valence-corrected chi connectivity index (χ1v) is 21.4. The van der Waals surface area contributed by atoms with Gasteiger partial charge in [-0.05, 0) is 48.8 Å². The lowest BCUT2D eigenvalue weighted by Gasteiger charge is -2.37. The Balaban J connectivity index is 1.08. The summed E-state index contributed by atoms with van der Waals surface area (Å²) in [5, 5.41) is 61.2. The van der Waals surface area contributed by atoms with Crippen LogP contribution in [0, 0.1) is 5.92 Å². The molecule has 0 aliphatic carbocycles. The monoisotopic (exact) mass is 773 g/mol. The summed E-state index contributed by atoms with van der Waals surface area (Å²) in [6.07, 6.45) is -6.95. The van der Waals surface area contributed by atoms with Crippen LogP contribution in [0.2, 0.25) is 18.6 Å². The van der Waals surface area contributed by atoms with Gasteiger partial charge in [0.25, 0.3) is 11.8 Å². The van der Waals surface area contributed by atoms with Crippen molar-refractivity contribution in [2.75, 3.05) is 16.8 Å². The Bertz CT molecular complexity index is 1990. The number of hydrogen-bond donors (Lipinski definition) is 7. The van der Waals surface area contributed by atoms with Gasteiger partial charge in [0, 0.05) is 35.5 Å². The highest BCUT2D eigenvalue weighted by molar-refractivity contribution is 6.71. The number of hydrogen-bond acceptors (Lipinski definition) is 12. The van der Waals surface area contributed by atoms with Crippen molar-refractivity contribution in [2.45, 2.75) is 93.4 Å². The molecule has 0 saturated carbocycles. The minimum absolute atomic E-state index is 0.121. The summed E-state index contributed by atoms with van der Waals surface area (Å²) >= 11 is 0. The smallest absolute Gasteiger partial charge is 0.264 e. The standard InChI is InChI=1S/C39H47N5O10Si/c1-22-35(55(2,3)52)30(17-18-43-20-28(41-42-43)26(21-45)24-9-5-4-6-10-24)54-39(22)27-11-7-8-12-29(27)44(38(39)51)19-23-13-15-25(16-14-23)40-36(49)34-32(47)31(46)33(48)37(50)53-34/h4-16,20,22,26,30-35,37,45-48,50,52H,17-19,21H2,1-3H3,(H,40,49)/t22-,26?,30+,31-,32-,33+,34-,35-,37+,39+/m0/s1. The number of aliphatic hydroxyl groups excluding tert-OH is 5. The molecule has 2 saturated heterocycles. The van der Waals surface area contributed by atoms with Gasteiger partial charge >= 0.3 is 0 Å². The number of benzene rings is 3. The van der Waals surface area contributed by atoms with Crippen molar-refractivity contribution in [3.63, 3.8) is 0 Å². The Hall–Kier alpha value is -4.36. The minimum atomic E-state index is -2.91. The first kappa shape index (κ1) is 38.9. The molecular formula is C39H47N5O10Si. The number of amides is 2. The molecule has 4 heterocycles. The molecule has 15 nitrogen and oxygen atoms in total. The van der Waals surface area contributed by atoms with Crippen LogP contribution in [0.4, 0.5) is 11.4 Å². The van der Waals surface area contributed by atoms with Gasteiger partial charge < -0.3 is 50.0 Å². The number of carbonyl (C=O) groups excluding carboxylic acids is 2. The van der Waals surface area contributed by atoms with Crippen LogP contribution in [0.25, 0.3) is 0 Å². The predicted molar refractivity (Wildman–Crippen MR) is 201 cm³/mol. The van der Waals surface area contributed by atoms with E-state index in [1.807, 2.05) is 80.8 Å². The van der Waals surface area contributed by atoms with Gasteiger partial charge in [0.05, 0.1) is 36.6 Å².